The van der Waals surface area contributed by atoms with E-state index >= 15 is 0 Å². The lowest BCUT2D eigenvalue weighted by Crippen LogP contribution is -2.28. The molecule has 1 aromatic heterocycles. The van der Waals surface area contributed by atoms with E-state index in [1.165, 1.54) is 16.7 Å². The first kappa shape index (κ1) is 36.5. The maximum Gasteiger partial charge on any atom is 0.178 e. The molecule has 4 nitrogen and oxygen atoms in total. The van der Waals surface area contributed by atoms with Crippen LogP contribution < -0.4 is 9.47 Å². The Morgan fingerprint density at radius 1 is 0.317 bits per heavy atom. The molecule has 0 atom stereocenters. The van der Waals surface area contributed by atoms with Crippen LogP contribution in [0, 0.1) is 0 Å². The third-order valence-electron chi connectivity index (χ3n) is 12.5. The zero-order chi connectivity index (χ0) is 41.7. The molecule has 0 unspecified atom stereocenters. The second-order valence-corrected chi connectivity index (χ2v) is 16.0. The largest absolute Gasteiger partial charge is 0.449 e. The number of hydrogen-bond donors (Lipinski definition) is 0. The van der Waals surface area contributed by atoms with Crippen LogP contribution in [0.3, 0.4) is 0 Å². The van der Waals surface area contributed by atoms with Crippen molar-refractivity contribution in [2.45, 2.75) is 5.41 Å². The summed E-state index contributed by atoms with van der Waals surface area (Å²) in [5.74, 6) is 3.40. The van der Waals surface area contributed by atoms with Crippen LogP contribution in [0.25, 0.3) is 67.3 Å². The fourth-order valence-corrected chi connectivity index (χ4v) is 9.71. The number of nitrogens with zero attached hydrogens (tertiary/aromatic N) is 2. The van der Waals surface area contributed by atoms with E-state index in [4.69, 9.17) is 19.4 Å². The van der Waals surface area contributed by atoms with E-state index in [9.17, 15) is 0 Å². The van der Waals surface area contributed by atoms with E-state index in [-0.39, 0.29) is 0 Å². The van der Waals surface area contributed by atoms with Gasteiger partial charge in [-0.25, -0.2) is 9.97 Å². The van der Waals surface area contributed by atoms with E-state index in [0.717, 1.165) is 72.8 Å². The first-order valence-corrected chi connectivity index (χ1v) is 21.3. The van der Waals surface area contributed by atoms with Gasteiger partial charge in [0.1, 0.15) is 0 Å². The Balaban J connectivity index is 0.993. The molecule has 296 valence electrons. The van der Waals surface area contributed by atoms with Crippen LogP contribution in [0.4, 0.5) is 0 Å². The van der Waals surface area contributed by atoms with Gasteiger partial charge in [0.05, 0.1) is 16.8 Å². The Bertz CT molecular complexity index is 3290. The van der Waals surface area contributed by atoms with Crippen molar-refractivity contribution in [2.75, 3.05) is 0 Å². The van der Waals surface area contributed by atoms with Gasteiger partial charge in [0.15, 0.2) is 28.8 Å². The van der Waals surface area contributed by atoms with Crippen molar-refractivity contribution >= 4 is 0 Å². The smallest absolute Gasteiger partial charge is 0.178 e. The molecular formula is C59H38N2O2. The lowest BCUT2D eigenvalue weighted by Gasteiger charge is -2.34. The van der Waals surface area contributed by atoms with Crippen LogP contribution in [0.1, 0.15) is 22.3 Å². The van der Waals surface area contributed by atoms with Crippen LogP contribution in [0.5, 0.6) is 23.0 Å². The summed E-state index contributed by atoms with van der Waals surface area (Å²) in [6, 6.07) is 80.6. The summed E-state index contributed by atoms with van der Waals surface area (Å²) < 4.78 is 13.8. The molecule has 0 bridgehead atoms. The SMILES string of the molecule is c1ccc(-c2nc(-c3ccccc3-c3ccccc3)cc(-c3ccccc3-c3ccc4c(c3)Oc3c(ccc5c3-c3ccccc3C5(c3ccccc3)c3ccccc3)O4)n2)cc1. The first-order valence-electron chi connectivity index (χ1n) is 21.3. The van der Waals surface area contributed by atoms with Gasteiger partial charge in [0, 0.05) is 22.3 Å². The molecule has 2 heterocycles. The molecule has 2 aliphatic rings. The van der Waals surface area contributed by atoms with Crippen molar-refractivity contribution in [3.8, 4) is 90.3 Å². The lowest BCUT2D eigenvalue weighted by atomic mass is 9.68. The minimum atomic E-state index is -0.551. The lowest BCUT2D eigenvalue weighted by molar-refractivity contribution is 0.360. The van der Waals surface area contributed by atoms with Gasteiger partial charge in [0.2, 0.25) is 0 Å². The third kappa shape index (κ3) is 5.99. The minimum absolute atomic E-state index is 0.551. The molecule has 0 spiro atoms. The summed E-state index contributed by atoms with van der Waals surface area (Å²) in [4.78, 5) is 10.5. The van der Waals surface area contributed by atoms with Gasteiger partial charge >= 0.3 is 0 Å². The predicted molar refractivity (Wildman–Crippen MR) is 253 cm³/mol. The number of hydrogen-bond acceptors (Lipinski definition) is 4. The van der Waals surface area contributed by atoms with E-state index in [2.05, 4.69) is 200 Å². The Hall–Kier alpha value is -8.34. The van der Waals surface area contributed by atoms with E-state index in [0.29, 0.717) is 23.1 Å². The second kappa shape index (κ2) is 15.0. The van der Waals surface area contributed by atoms with Crippen molar-refractivity contribution in [3.05, 3.63) is 253 Å². The standard InChI is InChI=1S/C59H38N2O2/c1-5-19-39(20-6-1)44-27-13-15-29-46(44)51-38-52(61-58(60-51)40-21-7-2-8-22-40)47-30-16-14-28-45(47)41-33-35-53-55(37-41)63-57-54(62-53)36-34-50-56(57)48-31-17-18-32-49(48)59(50,42-23-9-3-10-24-42)43-25-11-4-12-26-43/h1-38H. The summed E-state index contributed by atoms with van der Waals surface area (Å²) in [6.07, 6.45) is 0. The van der Waals surface area contributed by atoms with Crippen molar-refractivity contribution in [3.63, 3.8) is 0 Å². The van der Waals surface area contributed by atoms with Crippen LogP contribution in [-0.2, 0) is 5.41 Å². The molecule has 9 aromatic carbocycles. The van der Waals surface area contributed by atoms with E-state index in [1.807, 2.05) is 30.3 Å². The molecule has 0 saturated carbocycles. The average Bonchev–Trinajstić information content (AvgIpc) is 3.68. The van der Waals surface area contributed by atoms with Gasteiger partial charge in [-0.1, -0.05) is 206 Å². The highest BCUT2D eigenvalue weighted by atomic mass is 16.6. The molecule has 10 aromatic rings. The van der Waals surface area contributed by atoms with Gasteiger partial charge in [-0.2, -0.15) is 0 Å². The van der Waals surface area contributed by atoms with E-state index < -0.39 is 5.41 Å². The molecule has 0 N–H and O–H groups in total. The summed E-state index contributed by atoms with van der Waals surface area (Å²) in [5, 5.41) is 0. The van der Waals surface area contributed by atoms with Crippen LogP contribution in [0.2, 0.25) is 0 Å². The normalized spacial score (nSPS) is 12.8. The highest BCUT2D eigenvalue weighted by molar-refractivity contribution is 5.93. The Labute approximate surface area is 366 Å². The molecule has 12 rings (SSSR count). The molecule has 63 heavy (non-hydrogen) atoms. The summed E-state index contributed by atoms with van der Waals surface area (Å²) in [6.45, 7) is 0. The Kier molecular flexibility index (Phi) is 8.68. The molecule has 0 amide bonds. The summed E-state index contributed by atoms with van der Waals surface area (Å²) in [5.41, 5.74) is 15.3. The molecule has 4 heteroatoms. The van der Waals surface area contributed by atoms with Crippen LogP contribution in [-0.4, -0.2) is 9.97 Å². The maximum atomic E-state index is 7.11. The van der Waals surface area contributed by atoms with Crippen molar-refractivity contribution in [2.24, 2.45) is 0 Å². The van der Waals surface area contributed by atoms with Gasteiger partial charge < -0.3 is 9.47 Å². The topological polar surface area (TPSA) is 44.2 Å². The average molecular weight is 807 g/mol. The zero-order valence-corrected chi connectivity index (χ0v) is 34.2. The fourth-order valence-electron chi connectivity index (χ4n) is 9.71. The maximum absolute atomic E-state index is 7.11. The number of benzene rings is 9. The van der Waals surface area contributed by atoms with Crippen molar-refractivity contribution in [1.82, 2.24) is 9.97 Å². The zero-order valence-electron chi connectivity index (χ0n) is 34.2. The van der Waals surface area contributed by atoms with Crippen LogP contribution >= 0.6 is 0 Å². The minimum Gasteiger partial charge on any atom is -0.449 e. The predicted octanol–water partition coefficient (Wildman–Crippen LogP) is 15.1. The second-order valence-electron chi connectivity index (χ2n) is 16.0. The molecular weight excluding hydrogens is 769 g/mol. The monoisotopic (exact) mass is 806 g/mol. The summed E-state index contributed by atoms with van der Waals surface area (Å²) >= 11 is 0. The molecule has 0 radical (unpaired) electrons. The Morgan fingerprint density at radius 3 is 1.43 bits per heavy atom. The van der Waals surface area contributed by atoms with Gasteiger partial charge in [-0.15, -0.1) is 0 Å². The summed E-state index contributed by atoms with van der Waals surface area (Å²) in [7, 11) is 0. The van der Waals surface area contributed by atoms with Crippen molar-refractivity contribution in [1.29, 1.82) is 0 Å². The molecule has 1 aliphatic carbocycles. The highest BCUT2D eigenvalue weighted by Gasteiger charge is 2.48. The molecule has 1 aliphatic heterocycles. The fraction of sp³-hybridized carbons (Fsp3) is 0.0169. The first-order chi connectivity index (χ1) is 31.2. The highest BCUT2D eigenvalue weighted by Crippen LogP contribution is 2.62. The van der Waals surface area contributed by atoms with Gasteiger partial charge in [0.25, 0.3) is 0 Å². The number of rotatable bonds is 7. The van der Waals surface area contributed by atoms with Gasteiger partial charge in [-0.3, -0.25) is 0 Å². The third-order valence-corrected chi connectivity index (χ3v) is 12.5. The Morgan fingerprint density at radius 2 is 0.810 bits per heavy atom. The number of fused-ring (bicyclic) bond motifs is 6. The molecule has 0 saturated heterocycles. The molecule has 0 fully saturated rings. The van der Waals surface area contributed by atoms with Crippen molar-refractivity contribution < 1.29 is 9.47 Å². The van der Waals surface area contributed by atoms with Crippen LogP contribution in [0.15, 0.2) is 231 Å². The number of aromatic nitrogens is 2. The van der Waals surface area contributed by atoms with Gasteiger partial charge in [-0.05, 0) is 74.3 Å². The van der Waals surface area contributed by atoms with E-state index in [1.54, 1.807) is 0 Å². The number of ether oxygens (including phenoxy) is 2. The quantitative estimate of drug-likeness (QED) is 0.161.